The molecule has 190 valence electrons. The van der Waals surface area contributed by atoms with Gasteiger partial charge in [-0.2, -0.15) is 0 Å². The number of amides is 1. The van der Waals surface area contributed by atoms with Crippen LogP contribution in [0.1, 0.15) is 49.3 Å². The monoisotopic (exact) mass is 511 g/mol. The molecule has 7 nitrogen and oxygen atoms in total. The molecule has 1 atom stereocenters. The summed E-state index contributed by atoms with van der Waals surface area (Å²) in [7, 11) is 0. The number of rotatable bonds is 8. The van der Waals surface area contributed by atoms with Gasteiger partial charge in [0.1, 0.15) is 11.3 Å². The summed E-state index contributed by atoms with van der Waals surface area (Å²) in [6, 6.07) is 12.9. The number of hydrogen-bond acceptors (Lipinski definition) is 5. The van der Waals surface area contributed by atoms with Crippen molar-refractivity contribution >= 4 is 34.4 Å². The third-order valence-electron chi connectivity index (χ3n) is 7.00. The van der Waals surface area contributed by atoms with Crippen molar-refractivity contribution in [2.45, 2.75) is 52.1 Å². The highest BCUT2D eigenvalue weighted by molar-refractivity contribution is 6.32. The van der Waals surface area contributed by atoms with Gasteiger partial charge in [0.15, 0.2) is 6.10 Å². The average Bonchev–Trinajstić information content (AvgIpc) is 2.87. The lowest BCUT2D eigenvalue weighted by molar-refractivity contribution is -0.143. The Hall–Kier alpha value is -3.32. The fourth-order valence-corrected chi connectivity index (χ4v) is 4.94. The van der Waals surface area contributed by atoms with Gasteiger partial charge in [-0.1, -0.05) is 41.9 Å². The van der Waals surface area contributed by atoms with Gasteiger partial charge in [0.2, 0.25) is 0 Å². The van der Waals surface area contributed by atoms with E-state index in [2.05, 4.69) is 5.32 Å². The zero-order valence-electron chi connectivity index (χ0n) is 20.4. The molecule has 36 heavy (non-hydrogen) atoms. The number of hydrogen-bond donors (Lipinski definition) is 2. The standard InChI is InChI=1S/C28H30ClNO6/c1-16-21-13-23(29)25(14-24(21)36-28(34)22(16)12-18-6-4-3-5-7-18)35-17(2)26(31)30-15-19-8-10-20(11-9-19)27(32)33/h3-7,13-14,17,19-20H,8-12,15H2,1-2H3,(H,30,31)(H,32,33)/t17-,19?,20?/m0/s1. The van der Waals surface area contributed by atoms with Crippen LogP contribution in [0.5, 0.6) is 5.75 Å². The number of aliphatic carboxylic acids is 1. The van der Waals surface area contributed by atoms with Gasteiger partial charge in [-0.15, -0.1) is 0 Å². The van der Waals surface area contributed by atoms with Gasteiger partial charge in [-0.05, 0) is 62.6 Å². The molecule has 1 amide bonds. The number of carbonyl (C=O) groups excluding carboxylic acids is 1. The van der Waals surface area contributed by atoms with Crippen molar-refractivity contribution < 1.29 is 23.8 Å². The first-order chi connectivity index (χ1) is 17.2. The molecular weight excluding hydrogens is 482 g/mol. The Labute approximate surface area is 214 Å². The summed E-state index contributed by atoms with van der Waals surface area (Å²) in [5.74, 6) is -0.810. The first kappa shape index (κ1) is 25.8. The van der Waals surface area contributed by atoms with Crippen LogP contribution in [0, 0.1) is 18.8 Å². The quantitative estimate of drug-likeness (QED) is 0.406. The molecule has 0 aliphatic heterocycles. The molecule has 0 saturated heterocycles. The number of fused-ring (bicyclic) bond motifs is 1. The Kier molecular flexibility index (Phi) is 7.99. The van der Waals surface area contributed by atoms with Crippen molar-refractivity contribution in [3.05, 3.63) is 74.6 Å². The number of aryl methyl sites for hydroxylation is 1. The second-order valence-electron chi connectivity index (χ2n) is 9.50. The minimum absolute atomic E-state index is 0.253. The molecule has 1 aliphatic carbocycles. The molecule has 2 aromatic carbocycles. The topological polar surface area (TPSA) is 106 Å². The van der Waals surface area contributed by atoms with Crippen molar-refractivity contribution in [3.8, 4) is 5.75 Å². The number of nitrogens with one attached hydrogen (secondary N) is 1. The predicted molar refractivity (Wildman–Crippen MR) is 138 cm³/mol. The van der Waals surface area contributed by atoms with Crippen molar-refractivity contribution in [1.82, 2.24) is 5.32 Å². The Morgan fingerprint density at radius 2 is 1.86 bits per heavy atom. The number of carbonyl (C=O) groups is 2. The number of carboxylic acids is 1. The fraction of sp³-hybridized carbons (Fsp3) is 0.393. The van der Waals surface area contributed by atoms with E-state index in [1.807, 2.05) is 37.3 Å². The minimum Gasteiger partial charge on any atom is -0.481 e. The van der Waals surface area contributed by atoms with Crippen LogP contribution in [0.3, 0.4) is 0 Å². The lowest BCUT2D eigenvalue weighted by Gasteiger charge is -2.26. The largest absolute Gasteiger partial charge is 0.481 e. The molecule has 8 heteroatoms. The summed E-state index contributed by atoms with van der Waals surface area (Å²) in [6.45, 7) is 3.97. The molecule has 1 heterocycles. The van der Waals surface area contributed by atoms with Gasteiger partial charge in [0, 0.05) is 30.0 Å². The average molecular weight is 512 g/mol. The van der Waals surface area contributed by atoms with Gasteiger partial charge in [-0.3, -0.25) is 9.59 Å². The molecule has 0 radical (unpaired) electrons. The van der Waals surface area contributed by atoms with Crippen LogP contribution in [0.15, 0.2) is 51.7 Å². The zero-order valence-corrected chi connectivity index (χ0v) is 21.1. The first-order valence-corrected chi connectivity index (χ1v) is 12.6. The predicted octanol–water partition coefficient (Wildman–Crippen LogP) is 5.12. The second kappa shape index (κ2) is 11.2. The smallest absolute Gasteiger partial charge is 0.340 e. The molecule has 0 bridgehead atoms. The van der Waals surface area contributed by atoms with Gasteiger partial charge < -0.3 is 19.6 Å². The number of carboxylic acid groups (broad SMARTS) is 1. The Bertz CT molecular complexity index is 1310. The Morgan fingerprint density at radius 1 is 1.17 bits per heavy atom. The van der Waals surface area contributed by atoms with Crippen LogP contribution in [0.25, 0.3) is 11.0 Å². The normalized spacial score (nSPS) is 18.5. The van der Waals surface area contributed by atoms with Crippen molar-refractivity contribution in [3.63, 3.8) is 0 Å². The fourth-order valence-electron chi connectivity index (χ4n) is 4.73. The lowest BCUT2D eigenvalue weighted by Crippen LogP contribution is -2.39. The molecule has 2 N–H and O–H groups in total. The maximum Gasteiger partial charge on any atom is 0.340 e. The summed E-state index contributed by atoms with van der Waals surface area (Å²) < 4.78 is 11.4. The van der Waals surface area contributed by atoms with E-state index in [4.69, 9.17) is 25.9 Å². The van der Waals surface area contributed by atoms with Crippen LogP contribution in [-0.2, 0) is 16.0 Å². The van der Waals surface area contributed by atoms with E-state index >= 15 is 0 Å². The molecule has 0 spiro atoms. The van der Waals surface area contributed by atoms with Crippen molar-refractivity contribution in [1.29, 1.82) is 0 Å². The highest BCUT2D eigenvalue weighted by Crippen LogP contribution is 2.33. The minimum atomic E-state index is -0.819. The summed E-state index contributed by atoms with van der Waals surface area (Å²) in [5, 5.41) is 13.1. The SMILES string of the molecule is Cc1c(Cc2ccccc2)c(=O)oc2cc(O[C@@H](C)C(=O)NCC3CCC(C(=O)O)CC3)c(Cl)cc12. The van der Waals surface area contributed by atoms with E-state index in [-0.39, 0.29) is 23.5 Å². The van der Waals surface area contributed by atoms with Crippen molar-refractivity contribution in [2.24, 2.45) is 11.8 Å². The van der Waals surface area contributed by atoms with Gasteiger partial charge in [0.05, 0.1) is 10.9 Å². The summed E-state index contributed by atoms with van der Waals surface area (Å²) in [4.78, 5) is 36.5. The number of benzene rings is 2. The van der Waals surface area contributed by atoms with E-state index in [0.29, 0.717) is 47.4 Å². The highest BCUT2D eigenvalue weighted by Gasteiger charge is 2.27. The van der Waals surface area contributed by atoms with Crippen molar-refractivity contribution in [2.75, 3.05) is 6.54 Å². The van der Waals surface area contributed by atoms with Gasteiger partial charge in [-0.25, -0.2) is 4.79 Å². The molecule has 1 aromatic heterocycles. The summed E-state index contributed by atoms with van der Waals surface area (Å²) >= 11 is 6.49. The van der Waals surface area contributed by atoms with Crippen LogP contribution in [0.4, 0.5) is 0 Å². The number of halogens is 1. The van der Waals surface area contributed by atoms with Gasteiger partial charge in [0.25, 0.3) is 5.91 Å². The zero-order chi connectivity index (χ0) is 25.8. The summed E-state index contributed by atoms with van der Waals surface area (Å²) in [6.07, 6.45) is 2.44. The van der Waals surface area contributed by atoms with Crippen LogP contribution in [0.2, 0.25) is 5.02 Å². The molecule has 1 saturated carbocycles. The first-order valence-electron chi connectivity index (χ1n) is 12.2. The van der Waals surface area contributed by atoms with E-state index in [1.54, 1.807) is 19.1 Å². The second-order valence-corrected chi connectivity index (χ2v) is 9.90. The molecule has 1 aliphatic rings. The van der Waals surface area contributed by atoms with Crippen LogP contribution < -0.4 is 15.7 Å². The number of ether oxygens (including phenoxy) is 1. The molecule has 0 unspecified atom stereocenters. The Morgan fingerprint density at radius 3 is 2.53 bits per heavy atom. The van der Waals surface area contributed by atoms with Gasteiger partial charge >= 0.3 is 11.6 Å². The third-order valence-corrected chi connectivity index (χ3v) is 7.29. The maximum atomic E-state index is 12.7. The van der Waals surface area contributed by atoms with E-state index < -0.39 is 17.7 Å². The lowest BCUT2D eigenvalue weighted by atomic mass is 9.82. The Balaban J connectivity index is 1.43. The maximum absolute atomic E-state index is 12.7. The summed E-state index contributed by atoms with van der Waals surface area (Å²) in [5.41, 5.74) is 2.30. The van der Waals surface area contributed by atoms with Crippen LogP contribution >= 0.6 is 11.6 Å². The third kappa shape index (κ3) is 5.90. The molecule has 1 fully saturated rings. The van der Waals surface area contributed by atoms with E-state index in [9.17, 15) is 14.4 Å². The highest BCUT2D eigenvalue weighted by atomic mass is 35.5. The van der Waals surface area contributed by atoms with Crippen LogP contribution in [-0.4, -0.2) is 29.6 Å². The van der Waals surface area contributed by atoms with E-state index in [1.165, 1.54) is 0 Å². The van der Waals surface area contributed by atoms with E-state index in [0.717, 1.165) is 24.0 Å². The molecular formula is C28H30ClNO6. The molecule has 4 rings (SSSR count). The molecule has 3 aromatic rings.